The maximum Gasteiger partial charge on any atom is 0.188 e. The van der Waals surface area contributed by atoms with Crippen LogP contribution >= 0.6 is 0 Å². The van der Waals surface area contributed by atoms with Crippen LogP contribution < -0.4 is 25.3 Å². The number of benzene rings is 2. The summed E-state index contributed by atoms with van der Waals surface area (Å²) in [5.41, 5.74) is 8.35. The molecule has 27 heavy (non-hydrogen) atoms. The van der Waals surface area contributed by atoms with Crippen LogP contribution in [0.4, 0.5) is 0 Å². The lowest BCUT2D eigenvalue weighted by molar-refractivity contribution is 0.354. The van der Waals surface area contributed by atoms with Crippen molar-refractivity contribution in [2.24, 2.45) is 10.7 Å². The monoisotopic (exact) mass is 371 g/mol. The van der Waals surface area contributed by atoms with Crippen molar-refractivity contribution in [3.8, 4) is 17.2 Å². The number of nitrogens with one attached hydrogen (secondary N) is 1. The van der Waals surface area contributed by atoms with E-state index in [0.717, 1.165) is 42.1 Å². The Balaban J connectivity index is 1.69. The first kappa shape index (κ1) is 20.4. The van der Waals surface area contributed by atoms with Crippen molar-refractivity contribution < 1.29 is 14.2 Å². The number of ether oxygens (including phenoxy) is 3. The van der Waals surface area contributed by atoms with Crippen molar-refractivity contribution in [1.82, 2.24) is 5.32 Å². The summed E-state index contributed by atoms with van der Waals surface area (Å²) >= 11 is 0. The maximum absolute atomic E-state index is 5.93. The molecule has 0 aromatic heterocycles. The summed E-state index contributed by atoms with van der Waals surface area (Å²) < 4.78 is 15.7. The molecule has 6 heteroatoms. The van der Waals surface area contributed by atoms with Crippen LogP contribution in [0.5, 0.6) is 17.2 Å². The Hall–Kier alpha value is -2.89. The van der Waals surface area contributed by atoms with Gasteiger partial charge in [0.25, 0.3) is 0 Å². The van der Waals surface area contributed by atoms with Gasteiger partial charge in [-0.3, -0.25) is 4.99 Å². The van der Waals surface area contributed by atoms with Crippen LogP contribution in [0.2, 0.25) is 0 Å². The molecule has 3 N–H and O–H groups in total. The van der Waals surface area contributed by atoms with Crippen LogP contribution in [0.1, 0.15) is 17.5 Å². The Morgan fingerprint density at radius 1 is 0.889 bits per heavy atom. The van der Waals surface area contributed by atoms with E-state index in [1.54, 1.807) is 21.3 Å². The summed E-state index contributed by atoms with van der Waals surface area (Å²) in [5, 5.41) is 3.15. The van der Waals surface area contributed by atoms with Crippen molar-refractivity contribution in [3.05, 3.63) is 53.6 Å². The predicted molar refractivity (Wildman–Crippen MR) is 109 cm³/mol. The SMILES string of the molecule is COc1ccc(CCCN=C(N)NCCc2ccc(OC)c(OC)c2)cc1. The van der Waals surface area contributed by atoms with E-state index in [9.17, 15) is 0 Å². The van der Waals surface area contributed by atoms with E-state index in [2.05, 4.69) is 22.4 Å². The molecule has 0 aliphatic heterocycles. The quantitative estimate of drug-likeness (QED) is 0.381. The van der Waals surface area contributed by atoms with Gasteiger partial charge in [-0.25, -0.2) is 0 Å². The molecule has 0 atom stereocenters. The van der Waals surface area contributed by atoms with E-state index >= 15 is 0 Å². The largest absolute Gasteiger partial charge is 0.497 e. The lowest BCUT2D eigenvalue weighted by atomic mass is 10.1. The zero-order valence-corrected chi connectivity index (χ0v) is 16.3. The third-order valence-electron chi connectivity index (χ3n) is 4.23. The molecule has 0 amide bonds. The van der Waals surface area contributed by atoms with Gasteiger partial charge in [0, 0.05) is 13.1 Å². The zero-order valence-electron chi connectivity index (χ0n) is 16.3. The highest BCUT2D eigenvalue weighted by molar-refractivity contribution is 5.77. The minimum absolute atomic E-state index is 0.477. The number of hydrogen-bond donors (Lipinski definition) is 2. The van der Waals surface area contributed by atoms with Crippen molar-refractivity contribution in [1.29, 1.82) is 0 Å². The number of hydrogen-bond acceptors (Lipinski definition) is 4. The van der Waals surface area contributed by atoms with Gasteiger partial charge in [-0.15, -0.1) is 0 Å². The van der Waals surface area contributed by atoms with Crippen molar-refractivity contribution in [2.45, 2.75) is 19.3 Å². The molecule has 0 fully saturated rings. The highest BCUT2D eigenvalue weighted by Crippen LogP contribution is 2.27. The van der Waals surface area contributed by atoms with Crippen molar-refractivity contribution in [3.63, 3.8) is 0 Å². The van der Waals surface area contributed by atoms with E-state index in [4.69, 9.17) is 19.9 Å². The smallest absolute Gasteiger partial charge is 0.188 e. The standard InChI is InChI=1S/C21H29N3O3/c1-25-18-9-6-16(7-10-18)5-4-13-23-21(22)24-14-12-17-8-11-19(26-2)20(15-17)27-3/h6-11,15H,4-5,12-14H2,1-3H3,(H3,22,23,24). The number of aryl methyl sites for hydroxylation is 1. The number of guanidine groups is 1. The number of aliphatic imine (C=N–C) groups is 1. The molecule has 146 valence electrons. The lowest BCUT2D eigenvalue weighted by Crippen LogP contribution is -2.33. The summed E-state index contributed by atoms with van der Waals surface area (Å²) in [5.74, 6) is 2.81. The molecule has 6 nitrogen and oxygen atoms in total. The van der Waals surface area contributed by atoms with Crippen molar-refractivity contribution >= 4 is 5.96 Å². The van der Waals surface area contributed by atoms with E-state index in [0.29, 0.717) is 19.0 Å². The average molecular weight is 371 g/mol. The van der Waals surface area contributed by atoms with Gasteiger partial charge in [0.05, 0.1) is 21.3 Å². The van der Waals surface area contributed by atoms with Gasteiger partial charge in [0.15, 0.2) is 17.5 Å². The molecular weight excluding hydrogens is 342 g/mol. The van der Waals surface area contributed by atoms with E-state index < -0.39 is 0 Å². The first-order valence-electron chi connectivity index (χ1n) is 9.04. The third kappa shape index (κ3) is 6.73. The Kier molecular flexibility index (Phi) is 8.29. The van der Waals surface area contributed by atoms with Gasteiger partial charge in [-0.1, -0.05) is 18.2 Å². The molecule has 2 aromatic carbocycles. The molecule has 0 saturated carbocycles. The molecule has 0 bridgehead atoms. The number of nitrogens with two attached hydrogens (primary N) is 1. The molecule has 0 radical (unpaired) electrons. The first-order chi connectivity index (χ1) is 13.2. The molecule has 2 rings (SSSR count). The van der Waals surface area contributed by atoms with Crippen LogP contribution in [0, 0.1) is 0 Å². The van der Waals surface area contributed by atoms with E-state index in [1.165, 1.54) is 5.56 Å². The van der Waals surface area contributed by atoms with Crippen LogP contribution in [0.15, 0.2) is 47.5 Å². The fourth-order valence-corrected chi connectivity index (χ4v) is 2.70. The summed E-state index contributed by atoms with van der Waals surface area (Å²) in [6, 6.07) is 14.0. The van der Waals surface area contributed by atoms with Gasteiger partial charge >= 0.3 is 0 Å². The summed E-state index contributed by atoms with van der Waals surface area (Å²) in [4.78, 5) is 4.38. The molecule has 2 aromatic rings. The minimum atomic E-state index is 0.477. The fourth-order valence-electron chi connectivity index (χ4n) is 2.70. The molecule has 0 spiro atoms. The average Bonchev–Trinajstić information content (AvgIpc) is 2.71. The molecular formula is C21H29N3O3. The summed E-state index contributed by atoms with van der Waals surface area (Å²) in [6.07, 6.45) is 2.74. The molecule has 0 heterocycles. The Labute approximate surface area is 161 Å². The van der Waals surface area contributed by atoms with Crippen LogP contribution in [-0.4, -0.2) is 40.4 Å². The van der Waals surface area contributed by atoms with Crippen LogP contribution in [-0.2, 0) is 12.8 Å². The lowest BCUT2D eigenvalue weighted by Gasteiger charge is -2.10. The van der Waals surface area contributed by atoms with Gasteiger partial charge < -0.3 is 25.3 Å². The number of methoxy groups -OCH3 is 3. The second-order valence-electron chi connectivity index (χ2n) is 6.08. The minimum Gasteiger partial charge on any atom is -0.497 e. The Morgan fingerprint density at radius 2 is 1.59 bits per heavy atom. The Bertz CT molecular complexity index is 730. The number of rotatable bonds is 10. The van der Waals surface area contributed by atoms with Gasteiger partial charge in [-0.2, -0.15) is 0 Å². The van der Waals surface area contributed by atoms with E-state index in [1.807, 2.05) is 30.3 Å². The number of nitrogens with zero attached hydrogens (tertiary/aromatic N) is 1. The fraction of sp³-hybridized carbons (Fsp3) is 0.381. The van der Waals surface area contributed by atoms with Gasteiger partial charge in [0.2, 0.25) is 0 Å². The highest BCUT2D eigenvalue weighted by atomic mass is 16.5. The summed E-state index contributed by atoms with van der Waals surface area (Å²) in [7, 11) is 4.94. The third-order valence-corrected chi connectivity index (χ3v) is 4.23. The summed E-state index contributed by atoms with van der Waals surface area (Å²) in [6.45, 7) is 1.41. The highest BCUT2D eigenvalue weighted by Gasteiger charge is 2.04. The van der Waals surface area contributed by atoms with Crippen molar-refractivity contribution in [2.75, 3.05) is 34.4 Å². The van der Waals surface area contributed by atoms with Crippen LogP contribution in [0.3, 0.4) is 0 Å². The van der Waals surface area contributed by atoms with Gasteiger partial charge in [-0.05, 0) is 54.7 Å². The van der Waals surface area contributed by atoms with Crippen LogP contribution in [0.25, 0.3) is 0 Å². The Morgan fingerprint density at radius 3 is 2.26 bits per heavy atom. The normalized spacial score (nSPS) is 11.1. The van der Waals surface area contributed by atoms with Gasteiger partial charge in [0.1, 0.15) is 5.75 Å². The molecule has 0 saturated heterocycles. The zero-order chi connectivity index (χ0) is 19.5. The molecule has 0 unspecified atom stereocenters. The first-order valence-corrected chi connectivity index (χ1v) is 9.04. The topological polar surface area (TPSA) is 78.1 Å². The maximum atomic E-state index is 5.93. The predicted octanol–water partition coefficient (Wildman–Crippen LogP) is 2.79. The second kappa shape index (κ2) is 11.0. The van der Waals surface area contributed by atoms with E-state index in [-0.39, 0.29) is 0 Å². The second-order valence-corrected chi connectivity index (χ2v) is 6.08. The molecule has 0 aliphatic carbocycles. The molecule has 0 aliphatic rings.